The molecule has 0 fully saturated rings. The van der Waals surface area contributed by atoms with Gasteiger partial charge in [0.15, 0.2) is 0 Å². The molecule has 0 aromatic carbocycles. The summed E-state index contributed by atoms with van der Waals surface area (Å²) in [5.41, 5.74) is -0.422. The van der Waals surface area contributed by atoms with E-state index in [4.69, 9.17) is 0 Å². The van der Waals surface area contributed by atoms with E-state index in [9.17, 15) is 5.11 Å². The van der Waals surface area contributed by atoms with Crippen molar-refractivity contribution in [2.24, 2.45) is 5.92 Å². The van der Waals surface area contributed by atoms with Gasteiger partial charge in [0.05, 0.1) is 5.60 Å². The third-order valence-electron chi connectivity index (χ3n) is 2.26. The number of hydrogen-bond donors (Lipinski definition) is 1. The summed E-state index contributed by atoms with van der Waals surface area (Å²) in [6.07, 6.45) is 4.20. The van der Waals surface area contributed by atoms with Gasteiger partial charge < -0.3 is 5.11 Å². The zero-order chi connectivity index (χ0) is 8.91. The molecule has 2 heteroatoms. The van der Waals surface area contributed by atoms with Crippen LogP contribution in [0.2, 0.25) is 0 Å². The van der Waals surface area contributed by atoms with Crippen LogP contribution >= 0.6 is 0 Å². The second-order valence-electron chi connectivity index (χ2n) is 4.14. The first-order chi connectivity index (χ1) is 4.98. The fraction of sp³-hybridized carbons (Fsp3) is 1.00. The molecule has 0 saturated carbocycles. The molecule has 1 atom stereocenters. The summed E-state index contributed by atoms with van der Waals surface area (Å²) >= 11 is 0. The van der Waals surface area contributed by atoms with Crippen molar-refractivity contribution in [1.29, 1.82) is 0 Å². The molecule has 0 aliphatic rings. The van der Waals surface area contributed by atoms with Gasteiger partial charge in [-0.2, -0.15) is 0 Å². The number of hydrogen-bond acceptors (Lipinski definition) is 1. The van der Waals surface area contributed by atoms with Crippen molar-refractivity contribution < 1.29 is 5.11 Å². The maximum atomic E-state index is 9.64. The van der Waals surface area contributed by atoms with E-state index in [1.165, 1.54) is 6.42 Å². The minimum absolute atomic E-state index is 0. The number of rotatable bonds is 5. The van der Waals surface area contributed by atoms with Crippen molar-refractivity contribution in [3.05, 3.63) is 0 Å². The van der Waals surface area contributed by atoms with E-state index >= 15 is 0 Å². The van der Waals surface area contributed by atoms with Crippen molar-refractivity contribution in [1.82, 2.24) is 0 Å². The molecule has 0 saturated heterocycles. The third kappa shape index (κ3) is 9.05. The molecule has 70 valence electrons. The van der Waals surface area contributed by atoms with Gasteiger partial charge in [-0.15, -0.1) is 0 Å². The molecule has 1 nitrogen and oxygen atoms in total. The Morgan fingerprint density at radius 3 is 2.17 bits per heavy atom. The zero-order valence-electron chi connectivity index (χ0n) is 8.35. The van der Waals surface area contributed by atoms with E-state index in [0.29, 0.717) is 0 Å². The Bertz CT molecular complexity index is 100. The fourth-order valence-corrected chi connectivity index (χ4v) is 1.07. The van der Waals surface area contributed by atoms with Crippen molar-refractivity contribution in [2.75, 3.05) is 0 Å². The first-order valence-corrected chi connectivity index (χ1v) is 4.70. The average Bonchev–Trinajstić information content (AvgIpc) is 1.87. The second-order valence-corrected chi connectivity index (χ2v) is 4.14. The summed E-state index contributed by atoms with van der Waals surface area (Å²) < 4.78 is 0. The van der Waals surface area contributed by atoms with E-state index in [2.05, 4.69) is 13.8 Å². The van der Waals surface area contributed by atoms with Gasteiger partial charge in [0.1, 0.15) is 0 Å². The van der Waals surface area contributed by atoms with Crippen LogP contribution in [0.5, 0.6) is 0 Å². The Labute approximate surface area is 99.2 Å². The van der Waals surface area contributed by atoms with Gasteiger partial charge in [-0.3, -0.25) is 0 Å². The Balaban J connectivity index is 0. The van der Waals surface area contributed by atoms with Crippen molar-refractivity contribution in [2.45, 2.75) is 59.0 Å². The van der Waals surface area contributed by atoms with Crippen LogP contribution in [0.15, 0.2) is 0 Å². The Kier molecular flexibility index (Phi) is 9.48. The van der Waals surface area contributed by atoms with Gasteiger partial charge in [-0.1, -0.05) is 33.6 Å². The first-order valence-electron chi connectivity index (χ1n) is 4.70. The molecule has 0 amide bonds. The quantitative estimate of drug-likeness (QED) is 0.647. The Hall–Kier alpha value is 0.960. The van der Waals surface area contributed by atoms with Gasteiger partial charge >= 0.3 is 29.6 Å². The maximum absolute atomic E-state index is 9.64. The minimum atomic E-state index is -0.422. The molecule has 1 N–H and O–H groups in total. The van der Waals surface area contributed by atoms with Crippen molar-refractivity contribution in [3.63, 3.8) is 0 Å². The number of aliphatic hydroxyl groups is 1. The molecular weight excluding hydrogens is 159 g/mol. The SMILES string of the molecule is CCC(C)(O)CCCC(C)C.[NaH]. The second kappa shape index (κ2) is 7.37. The molecule has 0 aliphatic heterocycles. The predicted molar refractivity (Wildman–Crippen MR) is 56.8 cm³/mol. The Morgan fingerprint density at radius 2 is 1.83 bits per heavy atom. The summed E-state index contributed by atoms with van der Waals surface area (Å²) in [4.78, 5) is 0. The summed E-state index contributed by atoms with van der Waals surface area (Å²) in [6.45, 7) is 8.41. The summed E-state index contributed by atoms with van der Waals surface area (Å²) in [5, 5.41) is 9.64. The molecule has 0 aliphatic carbocycles. The topological polar surface area (TPSA) is 20.2 Å². The van der Waals surface area contributed by atoms with E-state index in [0.717, 1.165) is 25.2 Å². The van der Waals surface area contributed by atoms with Gasteiger partial charge in [-0.25, -0.2) is 0 Å². The monoisotopic (exact) mass is 182 g/mol. The molecule has 12 heavy (non-hydrogen) atoms. The first kappa shape index (κ1) is 15.4. The van der Waals surface area contributed by atoms with Crippen LogP contribution in [0.25, 0.3) is 0 Å². The van der Waals surface area contributed by atoms with E-state index < -0.39 is 5.60 Å². The molecule has 0 radical (unpaired) electrons. The van der Waals surface area contributed by atoms with Crippen LogP contribution in [0.3, 0.4) is 0 Å². The molecular formula is C10H23NaO. The van der Waals surface area contributed by atoms with Crippen LogP contribution < -0.4 is 0 Å². The molecule has 1 unspecified atom stereocenters. The van der Waals surface area contributed by atoms with Crippen molar-refractivity contribution in [3.8, 4) is 0 Å². The van der Waals surface area contributed by atoms with Gasteiger partial charge in [0.25, 0.3) is 0 Å². The molecule has 0 aromatic rings. The van der Waals surface area contributed by atoms with Gasteiger partial charge in [0.2, 0.25) is 0 Å². The Morgan fingerprint density at radius 1 is 1.33 bits per heavy atom. The van der Waals surface area contributed by atoms with Gasteiger partial charge in [-0.05, 0) is 25.7 Å². The standard InChI is InChI=1S/C10H22O.Na.H/c1-5-10(4,11)8-6-7-9(2)3;;/h9,11H,5-8H2,1-4H3;;. The van der Waals surface area contributed by atoms with E-state index in [1.807, 2.05) is 13.8 Å². The molecule has 0 rings (SSSR count). The van der Waals surface area contributed by atoms with Gasteiger partial charge in [0, 0.05) is 0 Å². The van der Waals surface area contributed by atoms with Crippen molar-refractivity contribution >= 4 is 29.6 Å². The molecule has 0 spiro atoms. The van der Waals surface area contributed by atoms with E-state index in [1.54, 1.807) is 0 Å². The molecule has 0 heterocycles. The normalized spacial score (nSPS) is 15.5. The van der Waals surface area contributed by atoms with Crippen LogP contribution in [0.4, 0.5) is 0 Å². The zero-order valence-corrected chi connectivity index (χ0v) is 8.35. The predicted octanol–water partition coefficient (Wildman–Crippen LogP) is 2.33. The van der Waals surface area contributed by atoms with E-state index in [-0.39, 0.29) is 29.6 Å². The fourth-order valence-electron chi connectivity index (χ4n) is 1.07. The third-order valence-corrected chi connectivity index (χ3v) is 2.26. The van der Waals surface area contributed by atoms with Crippen LogP contribution in [0, 0.1) is 5.92 Å². The van der Waals surface area contributed by atoms with Crippen LogP contribution in [-0.2, 0) is 0 Å². The summed E-state index contributed by atoms with van der Waals surface area (Å²) in [7, 11) is 0. The average molecular weight is 182 g/mol. The van der Waals surface area contributed by atoms with Crippen LogP contribution in [-0.4, -0.2) is 40.3 Å². The summed E-state index contributed by atoms with van der Waals surface area (Å²) in [5.74, 6) is 0.766. The molecule has 0 bridgehead atoms. The summed E-state index contributed by atoms with van der Waals surface area (Å²) in [6, 6.07) is 0. The molecule has 0 aromatic heterocycles. The van der Waals surface area contributed by atoms with Crippen LogP contribution in [0.1, 0.15) is 53.4 Å².